The Kier molecular flexibility index (Phi) is 5.71. The molecule has 176 valence electrons. The number of fused-ring (bicyclic) bond motifs is 2. The average Bonchev–Trinajstić information content (AvgIpc) is 3.51. The van der Waals surface area contributed by atoms with Gasteiger partial charge < -0.3 is 5.32 Å². The molecule has 0 spiro atoms. The lowest BCUT2D eigenvalue weighted by Crippen LogP contribution is -2.27. The fourth-order valence-electron chi connectivity index (χ4n) is 4.45. The first-order valence-corrected chi connectivity index (χ1v) is 11.9. The van der Waals surface area contributed by atoms with Crippen LogP contribution in [-0.4, -0.2) is 36.8 Å². The predicted molar refractivity (Wildman–Crippen MR) is 140 cm³/mol. The second kappa shape index (κ2) is 9.46. The van der Waals surface area contributed by atoms with E-state index in [0.717, 1.165) is 27.9 Å². The number of para-hydroxylation sites is 1. The SMILES string of the molecule is O=C(NCCc1nnc2ccccn12)c1nn(Cc2ccc(-c3ccccc3)cc2)c2ccccc12. The summed E-state index contributed by atoms with van der Waals surface area (Å²) >= 11 is 0. The summed E-state index contributed by atoms with van der Waals surface area (Å²) in [7, 11) is 0. The first-order valence-electron chi connectivity index (χ1n) is 11.9. The van der Waals surface area contributed by atoms with Crippen LogP contribution in [0.4, 0.5) is 0 Å². The van der Waals surface area contributed by atoms with Crippen molar-refractivity contribution in [1.29, 1.82) is 0 Å². The minimum absolute atomic E-state index is 0.196. The van der Waals surface area contributed by atoms with E-state index in [-0.39, 0.29) is 5.91 Å². The zero-order valence-corrected chi connectivity index (χ0v) is 19.6. The van der Waals surface area contributed by atoms with Crippen molar-refractivity contribution in [2.24, 2.45) is 0 Å². The van der Waals surface area contributed by atoms with Gasteiger partial charge in [0.15, 0.2) is 11.3 Å². The van der Waals surface area contributed by atoms with Gasteiger partial charge in [-0.05, 0) is 34.9 Å². The Bertz CT molecular complexity index is 1650. The Balaban J connectivity index is 1.19. The summed E-state index contributed by atoms with van der Waals surface area (Å²) in [6.07, 6.45) is 2.50. The van der Waals surface area contributed by atoms with Gasteiger partial charge in [0, 0.05) is 24.5 Å². The fourth-order valence-corrected chi connectivity index (χ4v) is 4.45. The first-order chi connectivity index (χ1) is 17.8. The highest BCUT2D eigenvalue weighted by molar-refractivity contribution is 6.04. The van der Waals surface area contributed by atoms with Crippen LogP contribution < -0.4 is 5.32 Å². The quantitative estimate of drug-likeness (QED) is 0.363. The van der Waals surface area contributed by atoms with Crippen molar-refractivity contribution in [2.75, 3.05) is 6.54 Å². The molecule has 0 bridgehead atoms. The Morgan fingerprint density at radius 1 is 0.778 bits per heavy atom. The highest BCUT2D eigenvalue weighted by Crippen LogP contribution is 2.22. The number of carbonyl (C=O) groups is 1. The molecule has 36 heavy (non-hydrogen) atoms. The second-order valence-corrected chi connectivity index (χ2v) is 8.64. The third-order valence-electron chi connectivity index (χ3n) is 6.28. The summed E-state index contributed by atoms with van der Waals surface area (Å²) in [6.45, 7) is 1.02. The Morgan fingerprint density at radius 3 is 2.39 bits per heavy atom. The monoisotopic (exact) mass is 472 g/mol. The summed E-state index contributed by atoms with van der Waals surface area (Å²) < 4.78 is 3.83. The fraction of sp³-hybridized carbons (Fsp3) is 0.103. The molecule has 0 atom stereocenters. The standard InChI is InChI=1S/C29H24N6O/c36-29(30-18-17-27-32-31-26-12-6-7-19-34(26)27)28-24-10-4-5-11-25(24)35(33-28)20-21-13-15-23(16-14-21)22-8-2-1-3-9-22/h1-16,19H,17-18,20H2,(H,30,36). The van der Waals surface area contributed by atoms with E-state index in [1.54, 1.807) is 0 Å². The molecule has 7 nitrogen and oxygen atoms in total. The van der Waals surface area contributed by atoms with Crippen molar-refractivity contribution < 1.29 is 4.79 Å². The van der Waals surface area contributed by atoms with Crippen LogP contribution in [0.1, 0.15) is 21.9 Å². The molecule has 1 amide bonds. The van der Waals surface area contributed by atoms with Gasteiger partial charge in [0.25, 0.3) is 5.91 Å². The summed E-state index contributed by atoms with van der Waals surface area (Å²) in [5.74, 6) is 0.610. The van der Waals surface area contributed by atoms with Crippen molar-refractivity contribution >= 4 is 22.5 Å². The molecule has 0 saturated carbocycles. The zero-order valence-electron chi connectivity index (χ0n) is 19.6. The van der Waals surface area contributed by atoms with Gasteiger partial charge in [-0.25, -0.2) is 0 Å². The molecule has 0 fully saturated rings. The number of rotatable bonds is 7. The molecule has 0 aliphatic carbocycles. The normalized spacial score (nSPS) is 11.2. The number of hydrogen-bond donors (Lipinski definition) is 1. The van der Waals surface area contributed by atoms with E-state index in [2.05, 4.69) is 51.9 Å². The number of aromatic nitrogens is 5. The number of nitrogens with zero attached hydrogens (tertiary/aromatic N) is 5. The molecule has 0 aliphatic rings. The van der Waals surface area contributed by atoms with Crippen molar-refractivity contribution in [3.8, 4) is 11.1 Å². The molecule has 0 aliphatic heterocycles. The molecule has 0 saturated heterocycles. The van der Waals surface area contributed by atoms with Gasteiger partial charge in [-0.15, -0.1) is 10.2 Å². The number of amides is 1. The lowest BCUT2D eigenvalue weighted by molar-refractivity contribution is 0.0949. The van der Waals surface area contributed by atoms with E-state index >= 15 is 0 Å². The molecular formula is C29H24N6O. The lowest BCUT2D eigenvalue weighted by atomic mass is 10.0. The molecule has 0 radical (unpaired) electrons. The summed E-state index contributed by atoms with van der Waals surface area (Å²) in [5.41, 5.74) is 5.63. The molecule has 3 aromatic heterocycles. The maximum absolute atomic E-state index is 13.1. The minimum atomic E-state index is -0.196. The van der Waals surface area contributed by atoms with E-state index in [1.165, 1.54) is 11.1 Å². The minimum Gasteiger partial charge on any atom is -0.350 e. The van der Waals surface area contributed by atoms with Crippen LogP contribution in [0, 0.1) is 0 Å². The predicted octanol–water partition coefficient (Wildman–Crippen LogP) is 4.77. The van der Waals surface area contributed by atoms with Crippen LogP contribution in [0.3, 0.4) is 0 Å². The van der Waals surface area contributed by atoms with E-state index in [1.807, 2.05) is 75.9 Å². The molecule has 7 heteroatoms. The third kappa shape index (κ3) is 4.22. The van der Waals surface area contributed by atoms with Crippen LogP contribution in [-0.2, 0) is 13.0 Å². The summed E-state index contributed by atoms with van der Waals surface area (Å²) in [5, 5.41) is 16.9. The topological polar surface area (TPSA) is 77.1 Å². The molecule has 1 N–H and O–H groups in total. The highest BCUT2D eigenvalue weighted by atomic mass is 16.1. The zero-order chi connectivity index (χ0) is 24.3. The highest BCUT2D eigenvalue weighted by Gasteiger charge is 2.17. The maximum Gasteiger partial charge on any atom is 0.272 e. The Hall–Kier alpha value is -4.78. The summed E-state index contributed by atoms with van der Waals surface area (Å²) in [6, 6.07) is 32.4. The number of pyridine rings is 1. The Labute approximate surface area is 208 Å². The molecule has 0 unspecified atom stereocenters. The summed E-state index contributed by atoms with van der Waals surface area (Å²) in [4.78, 5) is 13.1. The van der Waals surface area contributed by atoms with Crippen molar-refractivity contribution in [3.63, 3.8) is 0 Å². The Morgan fingerprint density at radius 2 is 1.53 bits per heavy atom. The van der Waals surface area contributed by atoms with Gasteiger partial charge in [-0.1, -0.05) is 78.9 Å². The van der Waals surface area contributed by atoms with Crippen LogP contribution in [0.2, 0.25) is 0 Å². The van der Waals surface area contributed by atoms with Crippen LogP contribution in [0.25, 0.3) is 27.7 Å². The van der Waals surface area contributed by atoms with Gasteiger partial charge in [-0.3, -0.25) is 13.9 Å². The van der Waals surface area contributed by atoms with Gasteiger partial charge in [0.1, 0.15) is 5.82 Å². The molecule has 6 rings (SSSR count). The van der Waals surface area contributed by atoms with E-state index < -0.39 is 0 Å². The van der Waals surface area contributed by atoms with Crippen LogP contribution in [0.15, 0.2) is 103 Å². The first kappa shape index (κ1) is 21.7. The smallest absolute Gasteiger partial charge is 0.272 e. The number of hydrogen-bond acceptors (Lipinski definition) is 4. The van der Waals surface area contributed by atoms with E-state index in [0.29, 0.717) is 25.2 Å². The molecule has 3 aromatic carbocycles. The largest absolute Gasteiger partial charge is 0.350 e. The van der Waals surface area contributed by atoms with Gasteiger partial charge in [-0.2, -0.15) is 5.10 Å². The van der Waals surface area contributed by atoms with E-state index in [4.69, 9.17) is 5.10 Å². The van der Waals surface area contributed by atoms with Crippen LogP contribution >= 0.6 is 0 Å². The number of benzene rings is 3. The lowest BCUT2D eigenvalue weighted by Gasteiger charge is -2.06. The number of nitrogens with one attached hydrogen (secondary N) is 1. The van der Waals surface area contributed by atoms with Crippen LogP contribution in [0.5, 0.6) is 0 Å². The van der Waals surface area contributed by atoms with Crippen molar-refractivity contribution in [3.05, 3.63) is 120 Å². The van der Waals surface area contributed by atoms with Gasteiger partial charge in [0.2, 0.25) is 0 Å². The molecule has 6 aromatic rings. The van der Waals surface area contributed by atoms with Gasteiger partial charge in [0.05, 0.1) is 12.1 Å². The molecule has 3 heterocycles. The maximum atomic E-state index is 13.1. The van der Waals surface area contributed by atoms with Gasteiger partial charge >= 0.3 is 0 Å². The second-order valence-electron chi connectivity index (χ2n) is 8.64. The third-order valence-corrected chi connectivity index (χ3v) is 6.28. The van der Waals surface area contributed by atoms with Crippen molar-refractivity contribution in [1.82, 2.24) is 29.7 Å². The van der Waals surface area contributed by atoms with Crippen molar-refractivity contribution in [2.45, 2.75) is 13.0 Å². The van der Waals surface area contributed by atoms with E-state index in [9.17, 15) is 4.79 Å². The average molecular weight is 473 g/mol. The molecular weight excluding hydrogens is 448 g/mol. The number of carbonyl (C=O) groups excluding carboxylic acids is 1.